The lowest BCUT2D eigenvalue weighted by Crippen LogP contribution is -2.21. The van der Waals surface area contributed by atoms with Crippen molar-refractivity contribution in [2.45, 2.75) is 32.1 Å². The van der Waals surface area contributed by atoms with Crippen molar-refractivity contribution in [3.8, 4) is 28.3 Å². The summed E-state index contributed by atoms with van der Waals surface area (Å²) in [6.07, 6.45) is 4.35. The SMILES string of the molecule is CC(C)C(C(=O)O)c1cc(-c2cnc(N3CC[C@@H](c4cc5cc(-c6ccccc6O)nnc5s4)C3)nc2)no1. The number of fused-ring (bicyclic) bond motifs is 1. The molecule has 1 saturated heterocycles. The van der Waals surface area contributed by atoms with Crippen LogP contribution in [0.15, 0.2) is 59.4 Å². The zero-order valence-electron chi connectivity index (χ0n) is 21.4. The number of aliphatic carboxylic acids is 1. The van der Waals surface area contributed by atoms with Crippen LogP contribution in [0.5, 0.6) is 5.75 Å². The van der Waals surface area contributed by atoms with E-state index in [4.69, 9.17) is 4.52 Å². The fraction of sp³-hybridized carbons (Fsp3) is 0.286. The van der Waals surface area contributed by atoms with E-state index in [1.807, 2.05) is 32.0 Å². The Bertz CT molecular complexity index is 1650. The highest BCUT2D eigenvalue weighted by molar-refractivity contribution is 7.18. The first-order valence-electron chi connectivity index (χ1n) is 12.7. The van der Waals surface area contributed by atoms with Crippen molar-refractivity contribution in [1.29, 1.82) is 0 Å². The number of para-hydroxylation sites is 1. The normalized spacial score (nSPS) is 16.3. The van der Waals surface area contributed by atoms with E-state index in [1.54, 1.807) is 41.9 Å². The van der Waals surface area contributed by atoms with Gasteiger partial charge in [0.15, 0.2) is 5.76 Å². The van der Waals surface area contributed by atoms with Crippen LogP contribution in [0.25, 0.3) is 32.7 Å². The van der Waals surface area contributed by atoms with Gasteiger partial charge in [-0.05, 0) is 36.6 Å². The zero-order valence-corrected chi connectivity index (χ0v) is 22.2. The summed E-state index contributed by atoms with van der Waals surface area (Å²) >= 11 is 1.64. The summed E-state index contributed by atoms with van der Waals surface area (Å²) in [4.78, 5) is 25.0. The molecule has 1 fully saturated rings. The molecule has 11 heteroatoms. The standard InChI is InChI=1S/C28H26N6O4S/c1-15(2)25(27(36)37)23-11-20(33-38-23)18-12-29-28(30-13-18)34-8-7-16(14-34)24-10-17-9-21(31-32-26(17)39-24)19-5-3-4-6-22(19)35/h3-6,9-13,15-16,25,35H,7-8,14H2,1-2H3,(H,36,37)/t16-,25?/m1/s1. The van der Waals surface area contributed by atoms with Crippen LogP contribution in [0.2, 0.25) is 0 Å². The van der Waals surface area contributed by atoms with Crippen LogP contribution in [0.4, 0.5) is 5.95 Å². The molecule has 0 aliphatic carbocycles. The summed E-state index contributed by atoms with van der Waals surface area (Å²) in [6, 6.07) is 12.9. The van der Waals surface area contributed by atoms with Gasteiger partial charge >= 0.3 is 5.97 Å². The van der Waals surface area contributed by atoms with E-state index < -0.39 is 11.9 Å². The van der Waals surface area contributed by atoms with Gasteiger partial charge in [-0.2, -0.15) is 0 Å². The molecule has 0 amide bonds. The molecule has 0 saturated carbocycles. The molecule has 6 rings (SSSR count). The number of thiophene rings is 1. The van der Waals surface area contributed by atoms with Gasteiger partial charge in [0.25, 0.3) is 0 Å². The van der Waals surface area contributed by atoms with Crippen molar-refractivity contribution in [3.63, 3.8) is 0 Å². The molecule has 198 valence electrons. The molecule has 1 aromatic carbocycles. The third-order valence-electron chi connectivity index (χ3n) is 7.06. The van der Waals surface area contributed by atoms with E-state index in [0.29, 0.717) is 40.1 Å². The number of nitrogens with zero attached hydrogens (tertiary/aromatic N) is 6. The molecule has 5 aromatic rings. The van der Waals surface area contributed by atoms with Crippen LogP contribution in [0.3, 0.4) is 0 Å². The molecule has 4 aromatic heterocycles. The number of phenolic OH excluding ortho intramolecular Hbond substituents is 1. The Labute approximate surface area is 228 Å². The quantitative estimate of drug-likeness (QED) is 0.277. The number of anilines is 1. The number of aromatic nitrogens is 5. The highest BCUT2D eigenvalue weighted by Crippen LogP contribution is 2.37. The van der Waals surface area contributed by atoms with E-state index in [0.717, 1.165) is 29.7 Å². The van der Waals surface area contributed by atoms with Crippen LogP contribution in [-0.2, 0) is 4.79 Å². The Morgan fingerprint density at radius 3 is 2.64 bits per heavy atom. The van der Waals surface area contributed by atoms with Crippen LogP contribution in [-0.4, -0.2) is 54.6 Å². The molecule has 0 radical (unpaired) electrons. The van der Waals surface area contributed by atoms with Crippen molar-refractivity contribution in [1.82, 2.24) is 25.3 Å². The van der Waals surface area contributed by atoms with Gasteiger partial charge in [0.1, 0.15) is 22.2 Å². The van der Waals surface area contributed by atoms with Crippen molar-refractivity contribution in [3.05, 3.63) is 65.5 Å². The maximum Gasteiger partial charge on any atom is 0.314 e. The Hall–Kier alpha value is -4.38. The average molecular weight is 543 g/mol. The van der Waals surface area contributed by atoms with Crippen LogP contribution in [0.1, 0.15) is 42.7 Å². The number of carboxylic acids is 1. The van der Waals surface area contributed by atoms with Gasteiger partial charge < -0.3 is 19.6 Å². The predicted molar refractivity (Wildman–Crippen MR) is 147 cm³/mol. The number of benzene rings is 1. The smallest absolute Gasteiger partial charge is 0.314 e. The molecule has 5 heterocycles. The maximum absolute atomic E-state index is 11.6. The largest absolute Gasteiger partial charge is 0.507 e. The molecule has 2 atom stereocenters. The molecule has 0 spiro atoms. The number of aromatic hydroxyl groups is 1. The van der Waals surface area contributed by atoms with Crippen molar-refractivity contribution in [2.75, 3.05) is 18.0 Å². The van der Waals surface area contributed by atoms with Crippen molar-refractivity contribution in [2.24, 2.45) is 5.92 Å². The maximum atomic E-state index is 11.6. The lowest BCUT2D eigenvalue weighted by atomic mass is 9.93. The van der Waals surface area contributed by atoms with Gasteiger partial charge in [0, 0.05) is 58.9 Å². The van der Waals surface area contributed by atoms with Crippen molar-refractivity contribution >= 4 is 33.5 Å². The average Bonchev–Trinajstić information content (AvgIpc) is 3.68. The van der Waals surface area contributed by atoms with E-state index in [9.17, 15) is 15.0 Å². The highest BCUT2D eigenvalue weighted by atomic mass is 32.1. The molecule has 1 aliphatic heterocycles. The van der Waals surface area contributed by atoms with Gasteiger partial charge in [-0.1, -0.05) is 31.1 Å². The molecule has 1 unspecified atom stereocenters. The first-order chi connectivity index (χ1) is 18.9. The highest BCUT2D eigenvalue weighted by Gasteiger charge is 2.29. The minimum absolute atomic E-state index is 0.127. The lowest BCUT2D eigenvalue weighted by molar-refractivity contribution is -0.140. The van der Waals surface area contributed by atoms with Crippen LogP contribution >= 0.6 is 11.3 Å². The van der Waals surface area contributed by atoms with Gasteiger partial charge in [0.2, 0.25) is 5.95 Å². The third-order valence-corrected chi connectivity index (χ3v) is 8.25. The predicted octanol–water partition coefficient (Wildman–Crippen LogP) is 5.33. The summed E-state index contributed by atoms with van der Waals surface area (Å²) in [7, 11) is 0. The molecule has 1 aliphatic rings. The zero-order chi connectivity index (χ0) is 27.1. The fourth-order valence-corrected chi connectivity index (χ4v) is 6.08. The van der Waals surface area contributed by atoms with Crippen molar-refractivity contribution < 1.29 is 19.5 Å². The number of hydrogen-bond donors (Lipinski definition) is 2. The molecule has 2 N–H and O–H groups in total. The van der Waals surface area contributed by atoms with E-state index in [1.165, 1.54) is 4.88 Å². The Morgan fingerprint density at radius 2 is 1.90 bits per heavy atom. The molecule has 10 nitrogen and oxygen atoms in total. The first-order valence-corrected chi connectivity index (χ1v) is 13.5. The first kappa shape index (κ1) is 24.9. The summed E-state index contributed by atoms with van der Waals surface area (Å²) in [5.41, 5.74) is 2.49. The van der Waals surface area contributed by atoms with Crippen LogP contribution < -0.4 is 4.90 Å². The Balaban J connectivity index is 1.16. The molecular weight excluding hydrogens is 516 g/mol. The Morgan fingerprint density at radius 1 is 1.10 bits per heavy atom. The minimum atomic E-state index is -0.940. The van der Waals surface area contributed by atoms with Gasteiger partial charge in [-0.25, -0.2) is 9.97 Å². The van der Waals surface area contributed by atoms with E-state index >= 15 is 0 Å². The molecular formula is C28H26N6O4S. The number of hydrogen-bond acceptors (Lipinski definition) is 10. The second kappa shape index (κ2) is 10.1. The fourth-order valence-electron chi connectivity index (χ4n) is 4.99. The van der Waals surface area contributed by atoms with Crippen LogP contribution in [0, 0.1) is 5.92 Å². The topological polar surface area (TPSA) is 138 Å². The van der Waals surface area contributed by atoms with E-state index in [-0.39, 0.29) is 11.7 Å². The summed E-state index contributed by atoms with van der Waals surface area (Å²) in [5.74, 6) is -0.365. The van der Waals surface area contributed by atoms with E-state index in [2.05, 4.69) is 36.3 Å². The molecule has 0 bridgehead atoms. The number of phenols is 1. The minimum Gasteiger partial charge on any atom is -0.507 e. The number of carboxylic acid groups (broad SMARTS) is 1. The van der Waals surface area contributed by atoms with Gasteiger partial charge in [-0.3, -0.25) is 4.79 Å². The Kier molecular flexibility index (Phi) is 6.43. The second-order valence-electron chi connectivity index (χ2n) is 10.0. The summed E-state index contributed by atoms with van der Waals surface area (Å²) in [5, 5.41) is 33.5. The number of carbonyl (C=O) groups is 1. The second-order valence-corrected chi connectivity index (χ2v) is 11.1. The van der Waals surface area contributed by atoms with Gasteiger partial charge in [-0.15, -0.1) is 21.5 Å². The molecule has 39 heavy (non-hydrogen) atoms. The summed E-state index contributed by atoms with van der Waals surface area (Å²) < 4.78 is 5.34. The lowest BCUT2D eigenvalue weighted by Gasteiger charge is -2.15. The van der Waals surface area contributed by atoms with Gasteiger partial charge in [0.05, 0.1) is 5.69 Å². The summed E-state index contributed by atoms with van der Waals surface area (Å²) in [6.45, 7) is 5.29. The third kappa shape index (κ3) is 4.81. The monoisotopic (exact) mass is 542 g/mol. The number of rotatable bonds is 7.